The van der Waals surface area contributed by atoms with Crippen molar-refractivity contribution >= 4 is 28.9 Å². The van der Waals surface area contributed by atoms with Gasteiger partial charge in [-0.25, -0.2) is 0 Å². The van der Waals surface area contributed by atoms with Crippen LogP contribution in [0, 0.1) is 6.92 Å². The van der Waals surface area contributed by atoms with Crippen LogP contribution in [-0.2, 0) is 6.54 Å². The van der Waals surface area contributed by atoms with Crippen molar-refractivity contribution in [3.8, 4) is 5.75 Å². The third kappa shape index (κ3) is 2.44. The van der Waals surface area contributed by atoms with Crippen LogP contribution in [-0.4, -0.2) is 27.7 Å². The number of nitrogens with two attached hydrogens (primary N) is 1. The van der Waals surface area contributed by atoms with Crippen LogP contribution in [0.1, 0.15) is 45.7 Å². The average molecular weight is 314 g/mol. The lowest BCUT2D eigenvalue weighted by Gasteiger charge is -2.16. The van der Waals surface area contributed by atoms with E-state index in [1.165, 1.54) is 0 Å². The normalized spacial score (nSPS) is 14.9. The van der Waals surface area contributed by atoms with E-state index < -0.39 is 0 Å². The summed E-state index contributed by atoms with van der Waals surface area (Å²) < 4.78 is 1.80. The molecular formula is C16H18N4O3. The molecule has 0 fully saturated rings. The highest BCUT2D eigenvalue weighted by Crippen LogP contribution is 2.35. The van der Waals surface area contributed by atoms with E-state index in [0.717, 1.165) is 30.1 Å². The van der Waals surface area contributed by atoms with Gasteiger partial charge in [0.15, 0.2) is 5.78 Å². The Morgan fingerprint density at radius 2 is 2.22 bits per heavy atom. The van der Waals surface area contributed by atoms with Gasteiger partial charge in [0.25, 0.3) is 5.91 Å². The SMILES string of the molecule is Cc1cc(O)c2c3c1cc(C(=O)NC=NN)n3CCCCC2=O. The highest BCUT2D eigenvalue weighted by molar-refractivity contribution is 6.13. The summed E-state index contributed by atoms with van der Waals surface area (Å²) in [5, 5.41) is 16.8. The summed E-state index contributed by atoms with van der Waals surface area (Å²) >= 11 is 0. The molecule has 1 aliphatic rings. The molecule has 0 spiro atoms. The second-order valence-corrected chi connectivity index (χ2v) is 5.66. The van der Waals surface area contributed by atoms with Gasteiger partial charge in [-0.3, -0.25) is 9.59 Å². The fourth-order valence-corrected chi connectivity index (χ4v) is 3.14. The number of nitrogens with zero attached hydrogens (tertiary/aromatic N) is 2. The van der Waals surface area contributed by atoms with E-state index in [1.807, 2.05) is 6.92 Å². The van der Waals surface area contributed by atoms with Crippen LogP contribution in [0.5, 0.6) is 5.75 Å². The van der Waals surface area contributed by atoms with Crippen molar-refractivity contribution in [1.82, 2.24) is 9.88 Å². The number of aromatic hydroxyl groups is 1. The van der Waals surface area contributed by atoms with Crippen LogP contribution in [0.2, 0.25) is 0 Å². The molecule has 0 radical (unpaired) electrons. The summed E-state index contributed by atoms with van der Waals surface area (Å²) in [4.78, 5) is 24.8. The van der Waals surface area contributed by atoms with Gasteiger partial charge in [0.1, 0.15) is 17.8 Å². The quantitative estimate of drug-likeness (QED) is 0.339. The molecular weight excluding hydrogens is 296 g/mol. The smallest absolute Gasteiger partial charge is 0.273 e. The number of ketones is 1. The second kappa shape index (κ2) is 5.75. The van der Waals surface area contributed by atoms with Crippen LogP contribution in [0.4, 0.5) is 0 Å². The number of aromatic nitrogens is 1. The lowest BCUT2D eigenvalue weighted by atomic mass is 9.98. The van der Waals surface area contributed by atoms with Crippen LogP contribution in [0.25, 0.3) is 10.9 Å². The third-order valence-electron chi connectivity index (χ3n) is 4.19. The summed E-state index contributed by atoms with van der Waals surface area (Å²) in [6.07, 6.45) is 3.02. The van der Waals surface area contributed by atoms with Gasteiger partial charge in [-0.05, 0) is 37.5 Å². The van der Waals surface area contributed by atoms with E-state index in [1.54, 1.807) is 16.7 Å². The maximum absolute atomic E-state index is 12.4. The standard InChI is InChI=1S/C16H18N4O3/c1-9-6-13(22)14-12(21)4-2-3-5-20-11(7-10(9)15(14)20)16(23)18-8-19-17/h6-8,22H,2-5,17H2,1H3,(H,18,19,23). The number of benzene rings is 1. The molecule has 120 valence electrons. The Hall–Kier alpha value is -2.83. The Morgan fingerprint density at radius 3 is 2.96 bits per heavy atom. The zero-order chi connectivity index (χ0) is 16.6. The van der Waals surface area contributed by atoms with Gasteiger partial charge < -0.3 is 20.8 Å². The molecule has 23 heavy (non-hydrogen) atoms. The Kier molecular flexibility index (Phi) is 3.77. The predicted octanol–water partition coefficient (Wildman–Crippen LogP) is 1.65. The van der Waals surface area contributed by atoms with E-state index >= 15 is 0 Å². The molecule has 1 aliphatic heterocycles. The van der Waals surface area contributed by atoms with Crippen molar-refractivity contribution < 1.29 is 14.7 Å². The van der Waals surface area contributed by atoms with Crippen molar-refractivity contribution in [3.63, 3.8) is 0 Å². The summed E-state index contributed by atoms with van der Waals surface area (Å²) in [5.74, 6) is 4.53. The van der Waals surface area contributed by atoms with Crippen molar-refractivity contribution in [2.75, 3.05) is 0 Å². The van der Waals surface area contributed by atoms with Gasteiger partial charge in [-0.1, -0.05) is 0 Å². The zero-order valence-electron chi connectivity index (χ0n) is 12.8. The Morgan fingerprint density at radius 1 is 1.43 bits per heavy atom. The molecule has 0 bridgehead atoms. The molecule has 1 aromatic heterocycles. The molecule has 0 aliphatic carbocycles. The van der Waals surface area contributed by atoms with Gasteiger partial charge >= 0.3 is 0 Å². The molecule has 4 N–H and O–H groups in total. The number of rotatable bonds is 2. The number of Topliss-reactive ketones (excluding diaryl/α,β-unsaturated/α-hetero) is 1. The first-order valence-corrected chi connectivity index (χ1v) is 7.46. The molecule has 0 saturated carbocycles. The number of aryl methyl sites for hydroxylation is 2. The predicted molar refractivity (Wildman–Crippen MR) is 86.7 cm³/mol. The third-order valence-corrected chi connectivity index (χ3v) is 4.19. The molecule has 1 amide bonds. The summed E-state index contributed by atoms with van der Waals surface area (Å²) in [7, 11) is 0. The monoisotopic (exact) mass is 314 g/mol. The first kappa shape index (κ1) is 15.1. The van der Waals surface area contributed by atoms with Gasteiger partial charge in [-0.15, -0.1) is 0 Å². The van der Waals surface area contributed by atoms with E-state index in [-0.39, 0.29) is 17.4 Å². The maximum Gasteiger partial charge on any atom is 0.273 e. The minimum atomic E-state index is -0.353. The van der Waals surface area contributed by atoms with Crippen molar-refractivity contribution in [2.45, 2.75) is 32.7 Å². The molecule has 1 aromatic carbocycles. The minimum Gasteiger partial charge on any atom is -0.507 e. The number of hydrogen-bond acceptors (Lipinski definition) is 5. The minimum absolute atomic E-state index is 0.0308. The van der Waals surface area contributed by atoms with Gasteiger partial charge in [0, 0.05) is 18.4 Å². The molecule has 0 saturated heterocycles. The molecule has 7 nitrogen and oxygen atoms in total. The molecule has 7 heteroatoms. The lowest BCUT2D eigenvalue weighted by Crippen LogP contribution is -2.25. The molecule has 3 rings (SSSR count). The number of phenols is 1. The number of amides is 1. The van der Waals surface area contributed by atoms with Gasteiger partial charge in [0.05, 0.1) is 11.1 Å². The number of phenolic OH excluding ortho intramolecular Hbond substituents is 1. The second-order valence-electron chi connectivity index (χ2n) is 5.66. The fraction of sp³-hybridized carbons (Fsp3) is 0.312. The van der Waals surface area contributed by atoms with Gasteiger partial charge in [0.2, 0.25) is 0 Å². The molecule has 0 atom stereocenters. The maximum atomic E-state index is 12.4. The summed E-state index contributed by atoms with van der Waals surface area (Å²) in [6.45, 7) is 2.45. The van der Waals surface area contributed by atoms with Crippen molar-refractivity contribution in [3.05, 3.63) is 29.0 Å². The molecule has 2 heterocycles. The van der Waals surface area contributed by atoms with Gasteiger partial charge in [-0.2, -0.15) is 5.10 Å². The largest absolute Gasteiger partial charge is 0.507 e. The average Bonchev–Trinajstić information content (AvgIpc) is 2.87. The number of hydrazone groups is 1. The highest BCUT2D eigenvalue weighted by Gasteiger charge is 2.25. The lowest BCUT2D eigenvalue weighted by molar-refractivity contribution is 0.0957. The van der Waals surface area contributed by atoms with Crippen LogP contribution < -0.4 is 11.2 Å². The first-order valence-electron chi connectivity index (χ1n) is 7.46. The van der Waals surface area contributed by atoms with Crippen molar-refractivity contribution in [2.24, 2.45) is 10.9 Å². The Labute approximate surface area is 132 Å². The fourth-order valence-electron chi connectivity index (χ4n) is 3.14. The summed E-state index contributed by atoms with van der Waals surface area (Å²) in [6, 6.07) is 3.32. The van der Waals surface area contributed by atoms with Crippen LogP contribution in [0.3, 0.4) is 0 Å². The van der Waals surface area contributed by atoms with Crippen LogP contribution in [0.15, 0.2) is 17.2 Å². The Bertz CT molecular complexity index is 836. The van der Waals surface area contributed by atoms with E-state index in [0.29, 0.717) is 29.7 Å². The van der Waals surface area contributed by atoms with E-state index in [4.69, 9.17) is 5.84 Å². The number of hydrogen-bond donors (Lipinski definition) is 3. The van der Waals surface area contributed by atoms with Crippen molar-refractivity contribution in [1.29, 1.82) is 0 Å². The molecule has 2 aromatic rings. The number of carbonyl (C=O) groups is 2. The molecule has 0 unspecified atom stereocenters. The zero-order valence-corrected chi connectivity index (χ0v) is 12.8. The van der Waals surface area contributed by atoms with E-state index in [9.17, 15) is 14.7 Å². The van der Waals surface area contributed by atoms with E-state index in [2.05, 4.69) is 10.4 Å². The summed E-state index contributed by atoms with van der Waals surface area (Å²) in [5.41, 5.74) is 2.17. The number of carbonyl (C=O) groups excluding carboxylic acids is 2. The Balaban J connectivity index is 2.31. The highest BCUT2D eigenvalue weighted by atomic mass is 16.3. The first-order chi connectivity index (χ1) is 11.0. The topological polar surface area (TPSA) is 110 Å². The number of nitrogens with one attached hydrogen (secondary N) is 1. The van der Waals surface area contributed by atoms with Crippen LogP contribution >= 0.6 is 0 Å².